The molecule has 1 aromatic rings. The van der Waals surface area contributed by atoms with Crippen LogP contribution in [0.4, 0.5) is 5.95 Å². The fourth-order valence-electron chi connectivity index (χ4n) is 2.75. The summed E-state index contributed by atoms with van der Waals surface area (Å²) in [5, 5.41) is 3.43. The number of rotatable bonds is 3. The Hall–Kier alpha value is -1.20. The molecule has 0 atom stereocenters. The molecule has 0 aliphatic carbocycles. The minimum atomic E-state index is 0.783. The van der Waals surface area contributed by atoms with Gasteiger partial charge in [0.05, 0.1) is 24.6 Å². The van der Waals surface area contributed by atoms with Crippen LogP contribution in [0.15, 0.2) is 0 Å². The molecular formula is C14H22N4O. The monoisotopic (exact) mass is 262 g/mol. The molecule has 3 rings (SSSR count). The van der Waals surface area contributed by atoms with E-state index in [1.165, 1.54) is 17.0 Å². The summed E-state index contributed by atoms with van der Waals surface area (Å²) in [5.74, 6) is 0.910. The molecule has 0 radical (unpaired) electrons. The Morgan fingerprint density at radius 3 is 2.89 bits per heavy atom. The smallest absolute Gasteiger partial charge is 0.225 e. The Bertz CT molecular complexity index is 443. The second kappa shape index (κ2) is 5.84. The van der Waals surface area contributed by atoms with Crippen molar-refractivity contribution in [1.82, 2.24) is 15.3 Å². The number of morpholine rings is 1. The topological polar surface area (TPSA) is 50.3 Å². The number of ether oxygens (including phenoxy) is 1. The number of nitrogens with one attached hydrogen (secondary N) is 1. The average Bonchev–Trinajstić information content (AvgIpc) is 2.48. The van der Waals surface area contributed by atoms with Crippen molar-refractivity contribution in [3.05, 3.63) is 17.0 Å². The molecule has 5 heteroatoms. The number of hydrogen-bond acceptors (Lipinski definition) is 5. The summed E-state index contributed by atoms with van der Waals surface area (Å²) < 4.78 is 5.40. The quantitative estimate of drug-likeness (QED) is 0.877. The molecule has 0 aromatic carbocycles. The molecule has 2 aliphatic rings. The van der Waals surface area contributed by atoms with E-state index in [9.17, 15) is 0 Å². The van der Waals surface area contributed by atoms with Crippen LogP contribution < -0.4 is 10.2 Å². The average molecular weight is 262 g/mol. The van der Waals surface area contributed by atoms with Crippen LogP contribution in [0.3, 0.4) is 0 Å². The van der Waals surface area contributed by atoms with E-state index in [0.717, 1.165) is 64.6 Å². The molecular weight excluding hydrogens is 240 g/mol. The van der Waals surface area contributed by atoms with Crippen molar-refractivity contribution in [3.8, 4) is 0 Å². The van der Waals surface area contributed by atoms with E-state index in [-0.39, 0.29) is 0 Å². The third-order valence-corrected chi connectivity index (χ3v) is 3.79. The first-order valence-corrected chi connectivity index (χ1v) is 7.30. The highest BCUT2D eigenvalue weighted by atomic mass is 16.5. The van der Waals surface area contributed by atoms with Gasteiger partial charge in [-0.3, -0.25) is 0 Å². The summed E-state index contributed by atoms with van der Waals surface area (Å²) >= 11 is 0. The Kier molecular flexibility index (Phi) is 3.94. The maximum atomic E-state index is 5.40. The Morgan fingerprint density at radius 2 is 2.11 bits per heavy atom. The Balaban J connectivity index is 1.93. The molecule has 1 saturated heterocycles. The maximum Gasteiger partial charge on any atom is 0.225 e. The summed E-state index contributed by atoms with van der Waals surface area (Å²) in [5.41, 5.74) is 3.82. The second-order valence-corrected chi connectivity index (χ2v) is 5.17. The van der Waals surface area contributed by atoms with Gasteiger partial charge in [-0.15, -0.1) is 0 Å². The molecule has 0 bridgehead atoms. The number of hydrogen-bond donors (Lipinski definition) is 1. The van der Waals surface area contributed by atoms with Crippen molar-refractivity contribution in [2.45, 2.75) is 32.7 Å². The van der Waals surface area contributed by atoms with E-state index in [2.05, 4.69) is 17.1 Å². The lowest BCUT2D eigenvalue weighted by atomic mass is 10.0. The standard InChI is InChI=1S/C14H22N4O/c1-2-3-12-11-10-15-5-4-13(11)17-14(16-12)18-6-8-19-9-7-18/h15H,2-10H2,1H3. The third kappa shape index (κ3) is 2.72. The SMILES string of the molecule is CCCc1nc(N2CCOCC2)nc2c1CNCC2. The molecule has 0 spiro atoms. The molecule has 0 unspecified atom stereocenters. The fourth-order valence-corrected chi connectivity index (χ4v) is 2.75. The van der Waals surface area contributed by atoms with Gasteiger partial charge in [-0.25, -0.2) is 9.97 Å². The van der Waals surface area contributed by atoms with Crippen molar-refractivity contribution in [2.24, 2.45) is 0 Å². The van der Waals surface area contributed by atoms with Gasteiger partial charge >= 0.3 is 0 Å². The first-order valence-electron chi connectivity index (χ1n) is 7.30. The minimum absolute atomic E-state index is 0.783. The molecule has 0 amide bonds. The minimum Gasteiger partial charge on any atom is -0.378 e. The molecule has 5 nitrogen and oxygen atoms in total. The fraction of sp³-hybridized carbons (Fsp3) is 0.714. The molecule has 1 fully saturated rings. The zero-order valence-electron chi connectivity index (χ0n) is 11.6. The summed E-state index contributed by atoms with van der Waals surface area (Å²) in [4.78, 5) is 11.9. The lowest BCUT2D eigenvalue weighted by Crippen LogP contribution is -2.38. The summed E-state index contributed by atoms with van der Waals surface area (Å²) in [6.45, 7) is 7.53. The van der Waals surface area contributed by atoms with E-state index in [1.54, 1.807) is 0 Å². The highest BCUT2D eigenvalue weighted by Gasteiger charge is 2.20. The van der Waals surface area contributed by atoms with Crippen molar-refractivity contribution >= 4 is 5.95 Å². The highest BCUT2D eigenvalue weighted by Crippen LogP contribution is 2.21. The zero-order chi connectivity index (χ0) is 13.1. The molecule has 1 N–H and O–H groups in total. The highest BCUT2D eigenvalue weighted by molar-refractivity contribution is 5.38. The lowest BCUT2D eigenvalue weighted by molar-refractivity contribution is 0.122. The van der Waals surface area contributed by atoms with Crippen molar-refractivity contribution in [1.29, 1.82) is 0 Å². The van der Waals surface area contributed by atoms with Crippen LogP contribution in [0, 0.1) is 0 Å². The van der Waals surface area contributed by atoms with E-state index in [4.69, 9.17) is 14.7 Å². The summed E-state index contributed by atoms with van der Waals surface area (Å²) in [7, 11) is 0. The van der Waals surface area contributed by atoms with Gasteiger partial charge in [-0.2, -0.15) is 0 Å². The van der Waals surface area contributed by atoms with Gasteiger partial charge in [0.25, 0.3) is 0 Å². The molecule has 104 valence electrons. The van der Waals surface area contributed by atoms with Crippen molar-refractivity contribution < 1.29 is 4.74 Å². The Labute approximate surface area is 114 Å². The van der Waals surface area contributed by atoms with Gasteiger partial charge in [-0.1, -0.05) is 13.3 Å². The number of fused-ring (bicyclic) bond motifs is 1. The molecule has 3 heterocycles. The van der Waals surface area contributed by atoms with Gasteiger partial charge in [0.15, 0.2) is 0 Å². The van der Waals surface area contributed by atoms with Crippen LogP contribution >= 0.6 is 0 Å². The predicted octanol–water partition coefficient (Wildman–Crippen LogP) is 0.911. The molecule has 0 saturated carbocycles. The van der Waals surface area contributed by atoms with Crippen LogP contribution in [0.2, 0.25) is 0 Å². The van der Waals surface area contributed by atoms with E-state index >= 15 is 0 Å². The number of nitrogens with zero attached hydrogens (tertiary/aromatic N) is 3. The van der Waals surface area contributed by atoms with E-state index < -0.39 is 0 Å². The van der Waals surface area contributed by atoms with E-state index in [1.807, 2.05) is 0 Å². The van der Waals surface area contributed by atoms with Crippen molar-refractivity contribution in [3.63, 3.8) is 0 Å². The van der Waals surface area contributed by atoms with Crippen molar-refractivity contribution in [2.75, 3.05) is 37.7 Å². The number of anilines is 1. The predicted molar refractivity (Wildman–Crippen MR) is 74.5 cm³/mol. The van der Waals surface area contributed by atoms with Crippen LogP contribution in [0.25, 0.3) is 0 Å². The summed E-state index contributed by atoms with van der Waals surface area (Å²) in [6.07, 6.45) is 3.20. The molecule has 1 aromatic heterocycles. The number of aryl methyl sites for hydroxylation is 1. The molecule has 2 aliphatic heterocycles. The van der Waals surface area contributed by atoms with Gasteiger partial charge < -0.3 is 15.0 Å². The largest absolute Gasteiger partial charge is 0.378 e. The normalized spacial score (nSPS) is 19.3. The number of aromatic nitrogens is 2. The Morgan fingerprint density at radius 1 is 1.26 bits per heavy atom. The van der Waals surface area contributed by atoms with Crippen LogP contribution in [-0.2, 0) is 24.1 Å². The van der Waals surface area contributed by atoms with Gasteiger partial charge in [0.1, 0.15) is 0 Å². The first kappa shape index (κ1) is 12.8. The van der Waals surface area contributed by atoms with Crippen LogP contribution in [0.1, 0.15) is 30.3 Å². The van der Waals surface area contributed by atoms with Crippen LogP contribution in [0.5, 0.6) is 0 Å². The molecule has 19 heavy (non-hydrogen) atoms. The lowest BCUT2D eigenvalue weighted by Gasteiger charge is -2.29. The van der Waals surface area contributed by atoms with Crippen LogP contribution in [-0.4, -0.2) is 42.8 Å². The third-order valence-electron chi connectivity index (χ3n) is 3.79. The van der Waals surface area contributed by atoms with Gasteiger partial charge in [0, 0.05) is 38.2 Å². The van der Waals surface area contributed by atoms with Gasteiger partial charge in [0.2, 0.25) is 5.95 Å². The first-order chi connectivity index (χ1) is 9.38. The zero-order valence-corrected chi connectivity index (χ0v) is 11.6. The summed E-state index contributed by atoms with van der Waals surface area (Å²) in [6, 6.07) is 0. The van der Waals surface area contributed by atoms with E-state index in [0.29, 0.717) is 0 Å². The maximum absolute atomic E-state index is 5.40. The second-order valence-electron chi connectivity index (χ2n) is 5.17. The van der Waals surface area contributed by atoms with Gasteiger partial charge in [-0.05, 0) is 6.42 Å².